The van der Waals surface area contributed by atoms with Crippen molar-refractivity contribution in [2.45, 2.75) is 57.9 Å². The van der Waals surface area contributed by atoms with E-state index in [2.05, 4.69) is 21.2 Å². The van der Waals surface area contributed by atoms with Crippen LogP contribution >= 0.6 is 15.9 Å². The third kappa shape index (κ3) is 3.10. The van der Waals surface area contributed by atoms with Crippen LogP contribution < -0.4 is 10.1 Å². The van der Waals surface area contributed by atoms with Gasteiger partial charge < -0.3 is 10.1 Å². The topological polar surface area (TPSA) is 38.3 Å². The van der Waals surface area contributed by atoms with E-state index in [0.717, 1.165) is 39.1 Å². The number of aryl methyl sites for hydroxylation is 2. The second kappa shape index (κ2) is 6.05. The minimum Gasteiger partial charge on any atom is -0.484 e. The van der Waals surface area contributed by atoms with E-state index in [0.29, 0.717) is 0 Å². The molecule has 1 N–H and O–H groups in total. The molecule has 0 radical (unpaired) electrons. The van der Waals surface area contributed by atoms with E-state index in [1.807, 2.05) is 26.0 Å². The molecule has 1 aromatic rings. The average molecular weight is 392 g/mol. The molecular formula is C20H26BrNO2. The molecule has 5 rings (SSSR count). The zero-order valence-electron chi connectivity index (χ0n) is 14.5. The lowest BCUT2D eigenvalue weighted by atomic mass is 9.53. The van der Waals surface area contributed by atoms with Gasteiger partial charge in [-0.25, -0.2) is 0 Å². The van der Waals surface area contributed by atoms with Crippen LogP contribution in [0.5, 0.6) is 5.75 Å². The van der Waals surface area contributed by atoms with Crippen molar-refractivity contribution in [2.75, 3.05) is 6.61 Å². The second-order valence-corrected chi connectivity index (χ2v) is 9.20. The van der Waals surface area contributed by atoms with Gasteiger partial charge >= 0.3 is 0 Å². The number of rotatable bonds is 4. The van der Waals surface area contributed by atoms with Gasteiger partial charge in [0.15, 0.2) is 6.61 Å². The fraction of sp³-hybridized carbons (Fsp3) is 0.650. The quantitative estimate of drug-likeness (QED) is 0.818. The van der Waals surface area contributed by atoms with Crippen molar-refractivity contribution in [1.82, 2.24) is 5.32 Å². The number of carbonyl (C=O) groups excluding carboxylic acids is 1. The Hall–Kier alpha value is -1.03. The maximum Gasteiger partial charge on any atom is 0.258 e. The monoisotopic (exact) mass is 391 g/mol. The minimum absolute atomic E-state index is 0.0372. The second-order valence-electron chi connectivity index (χ2n) is 8.41. The maximum atomic E-state index is 12.5. The molecule has 1 amide bonds. The summed E-state index contributed by atoms with van der Waals surface area (Å²) in [6, 6.07) is 3.96. The summed E-state index contributed by atoms with van der Waals surface area (Å²) in [6.45, 7) is 4.20. The molecule has 0 saturated heterocycles. The predicted molar refractivity (Wildman–Crippen MR) is 98.2 cm³/mol. The molecule has 0 aromatic heterocycles. The molecule has 4 bridgehead atoms. The predicted octanol–water partition coefficient (Wildman–Crippen LogP) is 4.53. The summed E-state index contributed by atoms with van der Waals surface area (Å²) in [6.07, 6.45) is 7.72. The molecule has 1 aromatic carbocycles. The van der Waals surface area contributed by atoms with E-state index >= 15 is 0 Å². The summed E-state index contributed by atoms with van der Waals surface area (Å²) >= 11 is 3.56. The van der Waals surface area contributed by atoms with Crippen molar-refractivity contribution in [3.63, 3.8) is 0 Å². The number of benzene rings is 1. The van der Waals surface area contributed by atoms with Gasteiger partial charge in [-0.2, -0.15) is 0 Å². The van der Waals surface area contributed by atoms with Crippen LogP contribution in [0.4, 0.5) is 0 Å². The SMILES string of the molecule is Cc1cc(OCC(=O)NC23CC4CC(CC(C4)C2)C3)cc(C)c1Br. The first kappa shape index (κ1) is 16.4. The Morgan fingerprint density at radius 1 is 1.12 bits per heavy atom. The number of hydrogen-bond acceptors (Lipinski definition) is 2. The zero-order valence-corrected chi connectivity index (χ0v) is 16.1. The fourth-order valence-electron chi connectivity index (χ4n) is 5.73. The lowest BCUT2D eigenvalue weighted by molar-refractivity contribution is -0.128. The van der Waals surface area contributed by atoms with Crippen LogP contribution in [0.1, 0.15) is 49.7 Å². The van der Waals surface area contributed by atoms with Gasteiger partial charge in [0, 0.05) is 10.0 Å². The first-order chi connectivity index (χ1) is 11.4. The molecule has 0 atom stereocenters. The molecule has 0 unspecified atom stereocenters. The van der Waals surface area contributed by atoms with E-state index < -0.39 is 0 Å². The summed E-state index contributed by atoms with van der Waals surface area (Å²) in [5.41, 5.74) is 2.33. The minimum atomic E-state index is 0.0372. The van der Waals surface area contributed by atoms with Crippen molar-refractivity contribution >= 4 is 21.8 Å². The number of hydrogen-bond donors (Lipinski definition) is 1. The van der Waals surface area contributed by atoms with Gasteiger partial charge in [0.05, 0.1) is 0 Å². The summed E-state index contributed by atoms with van der Waals surface area (Å²) in [7, 11) is 0. The lowest BCUT2D eigenvalue weighted by Gasteiger charge is -2.56. The standard InChI is InChI=1S/C20H26BrNO2/c1-12-3-17(4-13(2)19(12)21)24-11-18(23)22-20-8-14-5-15(9-20)7-16(6-14)10-20/h3-4,14-16H,5-11H2,1-2H3,(H,22,23). The van der Waals surface area contributed by atoms with Crippen molar-refractivity contribution in [3.05, 3.63) is 27.7 Å². The highest BCUT2D eigenvalue weighted by Crippen LogP contribution is 2.55. The van der Waals surface area contributed by atoms with Crippen LogP contribution in [0.3, 0.4) is 0 Å². The number of ether oxygens (including phenoxy) is 1. The number of carbonyl (C=O) groups is 1. The summed E-state index contributed by atoms with van der Waals surface area (Å²) in [4.78, 5) is 12.5. The Morgan fingerprint density at radius 2 is 1.62 bits per heavy atom. The molecular weight excluding hydrogens is 366 g/mol. The van der Waals surface area contributed by atoms with Crippen molar-refractivity contribution in [2.24, 2.45) is 17.8 Å². The fourth-order valence-corrected chi connectivity index (χ4v) is 5.96. The maximum absolute atomic E-state index is 12.5. The van der Waals surface area contributed by atoms with Crippen LogP contribution in [0, 0.1) is 31.6 Å². The Bertz CT molecular complexity index is 611. The first-order valence-electron chi connectivity index (χ1n) is 9.13. The van der Waals surface area contributed by atoms with Gasteiger partial charge in [0.25, 0.3) is 5.91 Å². The highest BCUT2D eigenvalue weighted by atomic mass is 79.9. The molecule has 4 aliphatic carbocycles. The van der Waals surface area contributed by atoms with E-state index in [-0.39, 0.29) is 18.1 Å². The van der Waals surface area contributed by atoms with Gasteiger partial charge in [-0.05, 0) is 93.4 Å². The Morgan fingerprint density at radius 3 is 2.12 bits per heavy atom. The van der Waals surface area contributed by atoms with Crippen molar-refractivity contribution < 1.29 is 9.53 Å². The van der Waals surface area contributed by atoms with E-state index in [1.54, 1.807) is 0 Å². The van der Waals surface area contributed by atoms with Crippen LogP contribution in [-0.2, 0) is 4.79 Å². The van der Waals surface area contributed by atoms with E-state index in [9.17, 15) is 4.79 Å². The number of nitrogens with one attached hydrogen (secondary N) is 1. The van der Waals surface area contributed by atoms with Crippen LogP contribution in [0.25, 0.3) is 0 Å². The molecule has 4 saturated carbocycles. The van der Waals surface area contributed by atoms with Gasteiger partial charge in [-0.15, -0.1) is 0 Å². The van der Waals surface area contributed by atoms with Crippen molar-refractivity contribution in [1.29, 1.82) is 0 Å². The molecule has 0 aliphatic heterocycles. The zero-order chi connectivity index (χ0) is 16.9. The van der Waals surface area contributed by atoms with Crippen LogP contribution in [0.15, 0.2) is 16.6 Å². The third-order valence-corrected chi connectivity index (χ3v) is 7.47. The number of halogens is 1. The molecule has 4 fully saturated rings. The molecule has 3 nitrogen and oxygen atoms in total. The summed E-state index contributed by atoms with van der Waals surface area (Å²) in [5, 5.41) is 3.36. The molecule has 24 heavy (non-hydrogen) atoms. The summed E-state index contributed by atoms with van der Waals surface area (Å²) in [5.74, 6) is 3.33. The Balaban J connectivity index is 1.37. The summed E-state index contributed by atoms with van der Waals surface area (Å²) < 4.78 is 6.87. The third-order valence-electron chi connectivity index (χ3n) is 6.22. The Labute approximate surface area is 152 Å². The van der Waals surface area contributed by atoms with Gasteiger partial charge in [0.2, 0.25) is 0 Å². The molecule has 4 heteroatoms. The highest BCUT2D eigenvalue weighted by Gasteiger charge is 2.51. The average Bonchev–Trinajstić information content (AvgIpc) is 2.48. The molecule has 0 spiro atoms. The molecule has 0 heterocycles. The van der Waals surface area contributed by atoms with Gasteiger partial charge in [0.1, 0.15) is 5.75 Å². The lowest BCUT2D eigenvalue weighted by Crippen LogP contribution is -2.60. The normalized spacial score (nSPS) is 33.5. The molecule has 4 aliphatic rings. The smallest absolute Gasteiger partial charge is 0.258 e. The van der Waals surface area contributed by atoms with E-state index in [1.165, 1.54) is 38.5 Å². The number of amides is 1. The molecule has 130 valence electrons. The largest absolute Gasteiger partial charge is 0.484 e. The highest BCUT2D eigenvalue weighted by molar-refractivity contribution is 9.10. The van der Waals surface area contributed by atoms with E-state index in [4.69, 9.17) is 4.74 Å². The van der Waals surface area contributed by atoms with Crippen LogP contribution in [0.2, 0.25) is 0 Å². The van der Waals surface area contributed by atoms with Crippen molar-refractivity contribution in [3.8, 4) is 5.75 Å². The Kier molecular flexibility index (Phi) is 4.14. The van der Waals surface area contributed by atoms with Crippen LogP contribution in [-0.4, -0.2) is 18.1 Å². The van der Waals surface area contributed by atoms with Gasteiger partial charge in [-0.1, -0.05) is 15.9 Å². The first-order valence-corrected chi connectivity index (χ1v) is 9.92. The van der Waals surface area contributed by atoms with Gasteiger partial charge in [-0.3, -0.25) is 4.79 Å².